The summed E-state index contributed by atoms with van der Waals surface area (Å²) in [4.78, 5) is 3.45. The molecule has 15 heavy (non-hydrogen) atoms. The minimum Gasteiger partial charge on any atom is -0.481 e. The number of nitriles is 1. The molecule has 0 bridgehead atoms. The van der Waals surface area contributed by atoms with Crippen LogP contribution in [-0.2, 0) is 12.6 Å². The summed E-state index contributed by atoms with van der Waals surface area (Å²) in [5.74, 6) is -0.504. The Labute approximate surface area is 84.1 Å². The molecule has 0 unspecified atom stereocenters. The van der Waals surface area contributed by atoms with Gasteiger partial charge in [0.25, 0.3) is 0 Å². The van der Waals surface area contributed by atoms with Crippen LogP contribution in [0, 0.1) is 11.3 Å². The molecule has 0 aromatic carbocycles. The Kier molecular flexibility index (Phi) is 3.14. The predicted molar refractivity (Wildman–Crippen MR) is 45.1 cm³/mol. The molecule has 0 saturated carbocycles. The minimum atomic E-state index is -4.56. The van der Waals surface area contributed by atoms with Gasteiger partial charge in [-0.1, -0.05) is 0 Å². The van der Waals surface area contributed by atoms with Crippen LogP contribution in [0.4, 0.5) is 13.2 Å². The fourth-order valence-corrected chi connectivity index (χ4v) is 1.17. The van der Waals surface area contributed by atoms with Crippen molar-refractivity contribution in [1.29, 1.82) is 5.26 Å². The van der Waals surface area contributed by atoms with E-state index < -0.39 is 17.6 Å². The first-order chi connectivity index (χ1) is 7.00. The molecule has 1 heterocycles. The summed E-state index contributed by atoms with van der Waals surface area (Å²) in [6.45, 7) is 0. The molecule has 0 amide bonds. The third kappa shape index (κ3) is 2.37. The molecule has 1 aromatic rings. The number of aromatic nitrogens is 1. The van der Waals surface area contributed by atoms with Gasteiger partial charge in [0.15, 0.2) is 0 Å². The third-order valence-corrected chi connectivity index (χ3v) is 1.75. The lowest BCUT2D eigenvalue weighted by molar-refractivity contribution is -0.139. The second kappa shape index (κ2) is 4.17. The van der Waals surface area contributed by atoms with Crippen LogP contribution < -0.4 is 4.74 Å². The Morgan fingerprint density at radius 3 is 2.67 bits per heavy atom. The maximum atomic E-state index is 12.6. The number of hydrogen-bond acceptors (Lipinski definition) is 3. The monoisotopic (exact) mass is 216 g/mol. The Balaban J connectivity index is 3.35. The number of nitrogens with zero attached hydrogens (tertiary/aromatic N) is 2. The van der Waals surface area contributed by atoms with Crippen molar-refractivity contribution in [2.24, 2.45) is 0 Å². The maximum Gasteiger partial charge on any atom is 0.421 e. The van der Waals surface area contributed by atoms with Crippen molar-refractivity contribution < 1.29 is 17.9 Å². The number of rotatable bonds is 2. The highest BCUT2D eigenvalue weighted by atomic mass is 19.4. The molecule has 0 N–H and O–H groups in total. The first-order valence-corrected chi connectivity index (χ1v) is 3.96. The summed E-state index contributed by atoms with van der Waals surface area (Å²) < 4.78 is 42.3. The number of alkyl halides is 3. The third-order valence-electron chi connectivity index (χ3n) is 1.75. The highest BCUT2D eigenvalue weighted by Crippen LogP contribution is 2.37. The summed E-state index contributed by atoms with van der Waals surface area (Å²) >= 11 is 0. The average Bonchev–Trinajstić information content (AvgIpc) is 2.16. The van der Waals surface area contributed by atoms with E-state index in [1.54, 1.807) is 6.07 Å². The summed E-state index contributed by atoms with van der Waals surface area (Å²) in [5, 5.41) is 8.39. The first-order valence-electron chi connectivity index (χ1n) is 3.96. The number of hydrogen-bond donors (Lipinski definition) is 0. The van der Waals surface area contributed by atoms with Gasteiger partial charge in [-0.15, -0.1) is 0 Å². The first kappa shape index (κ1) is 11.3. The molecule has 0 aliphatic rings. The number of pyridine rings is 1. The van der Waals surface area contributed by atoms with Gasteiger partial charge in [0.2, 0.25) is 5.88 Å². The van der Waals surface area contributed by atoms with Gasteiger partial charge in [-0.25, -0.2) is 4.98 Å². The van der Waals surface area contributed by atoms with Gasteiger partial charge in [0.05, 0.1) is 19.6 Å². The molecular formula is C9H7F3N2O. The number of halogens is 3. The van der Waals surface area contributed by atoms with Gasteiger partial charge >= 0.3 is 6.18 Å². The van der Waals surface area contributed by atoms with Crippen LogP contribution in [-0.4, -0.2) is 12.1 Å². The molecule has 6 heteroatoms. The molecule has 1 rings (SSSR count). The molecule has 0 atom stereocenters. The SMILES string of the molecule is COc1nccc(CC#N)c1C(F)(F)F. The van der Waals surface area contributed by atoms with E-state index in [2.05, 4.69) is 9.72 Å². The second-order valence-electron chi connectivity index (χ2n) is 2.69. The van der Waals surface area contributed by atoms with E-state index >= 15 is 0 Å². The Hall–Kier alpha value is -1.77. The van der Waals surface area contributed by atoms with Crippen molar-refractivity contribution in [2.45, 2.75) is 12.6 Å². The van der Waals surface area contributed by atoms with Crippen LogP contribution in [0.5, 0.6) is 5.88 Å². The van der Waals surface area contributed by atoms with Crippen LogP contribution in [0.3, 0.4) is 0 Å². The maximum absolute atomic E-state index is 12.6. The molecule has 0 spiro atoms. The minimum absolute atomic E-state index is 0.128. The molecule has 80 valence electrons. The molecule has 0 aliphatic heterocycles. The zero-order chi connectivity index (χ0) is 11.5. The van der Waals surface area contributed by atoms with Gasteiger partial charge in [-0.3, -0.25) is 0 Å². The fraction of sp³-hybridized carbons (Fsp3) is 0.333. The molecule has 0 saturated heterocycles. The lowest BCUT2D eigenvalue weighted by Gasteiger charge is -2.13. The average molecular weight is 216 g/mol. The summed E-state index contributed by atoms with van der Waals surface area (Å²) in [6.07, 6.45) is -3.71. The van der Waals surface area contributed by atoms with E-state index in [1.807, 2.05) is 0 Å². The van der Waals surface area contributed by atoms with Gasteiger partial charge in [-0.2, -0.15) is 18.4 Å². The number of methoxy groups -OCH3 is 1. The van der Waals surface area contributed by atoms with Crippen molar-refractivity contribution in [3.8, 4) is 11.9 Å². The van der Waals surface area contributed by atoms with Gasteiger partial charge in [-0.05, 0) is 11.6 Å². The van der Waals surface area contributed by atoms with Crippen molar-refractivity contribution in [3.63, 3.8) is 0 Å². The summed E-state index contributed by atoms with van der Waals surface area (Å²) in [6, 6.07) is 2.83. The molecular weight excluding hydrogens is 209 g/mol. The van der Waals surface area contributed by atoms with E-state index in [9.17, 15) is 13.2 Å². The van der Waals surface area contributed by atoms with Gasteiger partial charge in [0, 0.05) is 6.20 Å². The zero-order valence-corrected chi connectivity index (χ0v) is 7.80. The largest absolute Gasteiger partial charge is 0.481 e. The summed E-state index contributed by atoms with van der Waals surface area (Å²) in [5.41, 5.74) is -1.11. The van der Waals surface area contributed by atoms with Crippen LogP contribution in [0.2, 0.25) is 0 Å². The smallest absolute Gasteiger partial charge is 0.421 e. The second-order valence-corrected chi connectivity index (χ2v) is 2.69. The highest BCUT2D eigenvalue weighted by molar-refractivity contribution is 5.38. The Morgan fingerprint density at radius 1 is 1.53 bits per heavy atom. The topological polar surface area (TPSA) is 45.9 Å². The number of ether oxygens (including phenoxy) is 1. The molecule has 0 fully saturated rings. The van der Waals surface area contributed by atoms with E-state index in [4.69, 9.17) is 5.26 Å². The summed E-state index contributed by atoms with van der Waals surface area (Å²) in [7, 11) is 1.10. The fourth-order valence-electron chi connectivity index (χ4n) is 1.17. The highest BCUT2D eigenvalue weighted by Gasteiger charge is 2.37. The normalized spacial score (nSPS) is 10.9. The van der Waals surface area contributed by atoms with Crippen LogP contribution in [0.15, 0.2) is 12.3 Å². The van der Waals surface area contributed by atoms with Crippen molar-refractivity contribution in [3.05, 3.63) is 23.4 Å². The quantitative estimate of drug-likeness (QED) is 0.761. The predicted octanol–water partition coefficient (Wildman–Crippen LogP) is 2.18. The Morgan fingerprint density at radius 2 is 2.20 bits per heavy atom. The van der Waals surface area contributed by atoms with E-state index in [0.717, 1.165) is 13.2 Å². The van der Waals surface area contributed by atoms with E-state index in [0.29, 0.717) is 0 Å². The van der Waals surface area contributed by atoms with Crippen LogP contribution >= 0.6 is 0 Å². The molecule has 0 aliphatic carbocycles. The molecule has 0 radical (unpaired) electrons. The molecule has 1 aromatic heterocycles. The van der Waals surface area contributed by atoms with Crippen molar-refractivity contribution in [2.75, 3.05) is 7.11 Å². The molecule has 3 nitrogen and oxygen atoms in total. The van der Waals surface area contributed by atoms with Crippen molar-refractivity contribution in [1.82, 2.24) is 4.98 Å². The van der Waals surface area contributed by atoms with Crippen LogP contribution in [0.25, 0.3) is 0 Å². The van der Waals surface area contributed by atoms with E-state index in [1.165, 1.54) is 6.20 Å². The zero-order valence-electron chi connectivity index (χ0n) is 7.80. The van der Waals surface area contributed by atoms with Crippen LogP contribution in [0.1, 0.15) is 11.1 Å². The lowest BCUT2D eigenvalue weighted by atomic mass is 10.1. The van der Waals surface area contributed by atoms with Gasteiger partial charge < -0.3 is 4.74 Å². The Bertz CT molecular complexity index is 395. The lowest BCUT2D eigenvalue weighted by Crippen LogP contribution is -2.12. The van der Waals surface area contributed by atoms with Gasteiger partial charge in [0.1, 0.15) is 5.56 Å². The van der Waals surface area contributed by atoms with E-state index in [-0.39, 0.29) is 12.0 Å². The standard InChI is InChI=1S/C9H7F3N2O/c1-15-8-7(9(10,11)12)6(2-4-13)3-5-14-8/h3,5H,2H2,1H3. The van der Waals surface area contributed by atoms with Crippen molar-refractivity contribution >= 4 is 0 Å².